The first-order chi connectivity index (χ1) is 9.92. The van der Waals surface area contributed by atoms with Crippen molar-refractivity contribution in [3.63, 3.8) is 0 Å². The second kappa shape index (κ2) is 6.83. The molecule has 0 saturated carbocycles. The third-order valence-electron chi connectivity index (χ3n) is 3.61. The molecule has 5 nitrogen and oxygen atoms in total. The molecule has 1 saturated heterocycles. The largest absolute Gasteiger partial charge is 0.326 e. The number of likely N-dealkylation sites (tertiary alicyclic amines) is 1. The van der Waals surface area contributed by atoms with Gasteiger partial charge in [0.1, 0.15) is 10.7 Å². The van der Waals surface area contributed by atoms with Gasteiger partial charge < -0.3 is 10.6 Å². The molecule has 0 amide bonds. The van der Waals surface area contributed by atoms with Gasteiger partial charge in [0.05, 0.1) is 0 Å². The molecule has 0 bridgehead atoms. The fraction of sp³-hybridized carbons (Fsp3) is 0.571. The van der Waals surface area contributed by atoms with Gasteiger partial charge in [0.25, 0.3) is 0 Å². The minimum Gasteiger partial charge on any atom is -0.326 e. The summed E-state index contributed by atoms with van der Waals surface area (Å²) in [6.07, 6.45) is 2.29. The highest BCUT2D eigenvalue weighted by Gasteiger charge is 2.23. The Bertz CT molecular complexity index is 586. The molecule has 3 N–H and O–H groups in total. The number of rotatable bonds is 6. The van der Waals surface area contributed by atoms with E-state index >= 15 is 0 Å². The number of hydrogen-bond acceptors (Lipinski definition) is 4. The van der Waals surface area contributed by atoms with E-state index in [1.165, 1.54) is 12.1 Å². The van der Waals surface area contributed by atoms with Gasteiger partial charge in [-0.2, -0.15) is 0 Å². The molecule has 1 unspecified atom stereocenters. The Labute approximate surface area is 125 Å². The number of nitrogens with zero attached hydrogens (tertiary/aromatic N) is 1. The molecule has 0 aliphatic carbocycles. The molecule has 2 rings (SSSR count). The first-order valence-electron chi connectivity index (χ1n) is 7.15. The van der Waals surface area contributed by atoms with Crippen molar-refractivity contribution in [3.8, 4) is 0 Å². The Balaban J connectivity index is 2.10. The number of benzene rings is 1. The highest BCUT2D eigenvalue weighted by atomic mass is 32.2. The van der Waals surface area contributed by atoms with Crippen molar-refractivity contribution in [2.24, 2.45) is 5.73 Å². The molecule has 7 heteroatoms. The van der Waals surface area contributed by atoms with E-state index in [1.54, 1.807) is 6.92 Å². The van der Waals surface area contributed by atoms with E-state index in [1.807, 2.05) is 0 Å². The lowest BCUT2D eigenvalue weighted by Crippen LogP contribution is -2.41. The van der Waals surface area contributed by atoms with Crippen LogP contribution in [0.2, 0.25) is 0 Å². The lowest BCUT2D eigenvalue weighted by molar-refractivity contribution is 0.312. The van der Waals surface area contributed by atoms with Crippen molar-refractivity contribution in [3.05, 3.63) is 29.6 Å². The third-order valence-corrected chi connectivity index (χ3v) is 5.21. The van der Waals surface area contributed by atoms with Crippen LogP contribution in [-0.4, -0.2) is 39.0 Å². The smallest absolute Gasteiger partial charge is 0.243 e. The van der Waals surface area contributed by atoms with Crippen LogP contribution < -0.4 is 10.5 Å². The van der Waals surface area contributed by atoms with Crippen LogP contribution in [0.4, 0.5) is 4.39 Å². The minimum absolute atomic E-state index is 0.173. The van der Waals surface area contributed by atoms with Crippen molar-refractivity contribution >= 4 is 10.0 Å². The average molecular weight is 315 g/mol. The SMILES string of the molecule is CC(CN1CCCC1)NS(=O)(=O)c1cc(CN)ccc1F. The maximum atomic E-state index is 13.8. The van der Waals surface area contributed by atoms with Crippen molar-refractivity contribution in [2.45, 2.75) is 37.2 Å². The third kappa shape index (κ3) is 4.23. The first-order valence-corrected chi connectivity index (χ1v) is 8.64. The number of halogens is 1. The highest BCUT2D eigenvalue weighted by Crippen LogP contribution is 2.17. The second-order valence-corrected chi connectivity index (χ2v) is 7.18. The second-order valence-electron chi connectivity index (χ2n) is 5.50. The van der Waals surface area contributed by atoms with E-state index in [0.717, 1.165) is 32.0 Å². The maximum absolute atomic E-state index is 13.8. The van der Waals surface area contributed by atoms with Gasteiger partial charge in [0.2, 0.25) is 10.0 Å². The molecule has 0 aromatic heterocycles. The molecule has 118 valence electrons. The van der Waals surface area contributed by atoms with Gasteiger partial charge >= 0.3 is 0 Å². The molecule has 1 aliphatic heterocycles. The molecule has 1 atom stereocenters. The molecule has 1 heterocycles. The quantitative estimate of drug-likeness (QED) is 0.823. The monoisotopic (exact) mass is 315 g/mol. The summed E-state index contributed by atoms with van der Waals surface area (Å²) >= 11 is 0. The number of nitrogens with one attached hydrogen (secondary N) is 1. The molecule has 1 aromatic carbocycles. The summed E-state index contributed by atoms with van der Waals surface area (Å²) in [5, 5.41) is 0. The Hall–Kier alpha value is -1.02. The number of nitrogens with two attached hydrogens (primary N) is 1. The van der Waals surface area contributed by atoms with Crippen molar-refractivity contribution in [2.75, 3.05) is 19.6 Å². The van der Waals surface area contributed by atoms with E-state index in [4.69, 9.17) is 5.73 Å². The van der Waals surface area contributed by atoms with Crippen LogP contribution in [0.1, 0.15) is 25.3 Å². The standard InChI is InChI=1S/C14H22FN3O2S/c1-11(10-18-6-2-3-7-18)17-21(19,20)14-8-12(9-16)4-5-13(14)15/h4-5,8,11,17H,2-3,6-7,9-10,16H2,1H3. The van der Waals surface area contributed by atoms with Gasteiger partial charge in [-0.15, -0.1) is 0 Å². The van der Waals surface area contributed by atoms with E-state index in [-0.39, 0.29) is 17.5 Å². The maximum Gasteiger partial charge on any atom is 0.243 e. The summed E-state index contributed by atoms with van der Waals surface area (Å²) in [6.45, 7) is 4.58. The summed E-state index contributed by atoms with van der Waals surface area (Å²) in [4.78, 5) is 1.87. The molecule has 1 aromatic rings. The van der Waals surface area contributed by atoms with Crippen molar-refractivity contribution in [1.29, 1.82) is 0 Å². The van der Waals surface area contributed by atoms with Gasteiger partial charge in [-0.1, -0.05) is 6.07 Å². The van der Waals surface area contributed by atoms with Crippen LogP contribution in [-0.2, 0) is 16.6 Å². The van der Waals surface area contributed by atoms with Crippen LogP contribution in [0.5, 0.6) is 0 Å². The van der Waals surface area contributed by atoms with Crippen LogP contribution in [0.15, 0.2) is 23.1 Å². The van der Waals surface area contributed by atoms with Gasteiger partial charge in [-0.3, -0.25) is 0 Å². The molecular formula is C14H22FN3O2S. The summed E-state index contributed by atoms with van der Waals surface area (Å²) in [5.41, 5.74) is 6.06. The molecular weight excluding hydrogens is 293 g/mol. The van der Waals surface area contributed by atoms with Crippen molar-refractivity contribution in [1.82, 2.24) is 9.62 Å². The predicted molar refractivity (Wildman–Crippen MR) is 79.7 cm³/mol. The molecule has 1 aliphatic rings. The zero-order chi connectivity index (χ0) is 15.5. The van der Waals surface area contributed by atoms with Gasteiger partial charge in [0.15, 0.2) is 0 Å². The summed E-state index contributed by atoms with van der Waals surface area (Å²) in [6, 6.07) is 3.65. The van der Waals surface area contributed by atoms with E-state index in [9.17, 15) is 12.8 Å². The Morgan fingerprint density at radius 1 is 1.38 bits per heavy atom. The normalized spacial score (nSPS) is 18.0. The number of sulfonamides is 1. The fourth-order valence-electron chi connectivity index (χ4n) is 2.60. The van der Waals surface area contributed by atoms with E-state index < -0.39 is 15.8 Å². The van der Waals surface area contributed by atoms with Gasteiger partial charge in [0, 0.05) is 19.1 Å². The van der Waals surface area contributed by atoms with Crippen LogP contribution in [0, 0.1) is 5.82 Å². The Morgan fingerprint density at radius 2 is 2.05 bits per heavy atom. The Kier molecular flexibility index (Phi) is 5.32. The van der Waals surface area contributed by atoms with Gasteiger partial charge in [-0.05, 0) is 50.6 Å². The predicted octanol–water partition coefficient (Wildman–Crippen LogP) is 1.05. The Morgan fingerprint density at radius 3 is 2.67 bits per heavy atom. The lowest BCUT2D eigenvalue weighted by Gasteiger charge is -2.21. The van der Waals surface area contributed by atoms with Crippen LogP contribution >= 0.6 is 0 Å². The van der Waals surface area contributed by atoms with Crippen LogP contribution in [0.3, 0.4) is 0 Å². The average Bonchev–Trinajstić information content (AvgIpc) is 2.91. The first kappa shape index (κ1) is 16.4. The van der Waals surface area contributed by atoms with Gasteiger partial charge in [-0.25, -0.2) is 17.5 Å². The minimum atomic E-state index is -3.87. The summed E-state index contributed by atoms with van der Waals surface area (Å²) in [7, 11) is -3.87. The zero-order valence-electron chi connectivity index (χ0n) is 12.2. The topological polar surface area (TPSA) is 75.4 Å². The molecule has 1 fully saturated rings. The van der Waals surface area contributed by atoms with E-state index in [0.29, 0.717) is 12.1 Å². The fourth-order valence-corrected chi connectivity index (χ4v) is 3.96. The molecule has 0 spiro atoms. The molecule has 0 radical (unpaired) electrons. The highest BCUT2D eigenvalue weighted by molar-refractivity contribution is 7.89. The molecule has 21 heavy (non-hydrogen) atoms. The van der Waals surface area contributed by atoms with Crippen LogP contribution in [0.25, 0.3) is 0 Å². The summed E-state index contributed by atoms with van der Waals surface area (Å²) < 4.78 is 40.9. The zero-order valence-corrected chi connectivity index (χ0v) is 13.0. The lowest BCUT2D eigenvalue weighted by atomic mass is 10.2. The number of hydrogen-bond donors (Lipinski definition) is 2. The summed E-state index contributed by atoms with van der Waals surface area (Å²) in [5.74, 6) is -0.756. The van der Waals surface area contributed by atoms with E-state index in [2.05, 4.69) is 9.62 Å². The van der Waals surface area contributed by atoms with Crippen molar-refractivity contribution < 1.29 is 12.8 Å².